The van der Waals surface area contributed by atoms with E-state index in [0.717, 1.165) is 12.0 Å². The van der Waals surface area contributed by atoms with E-state index in [9.17, 15) is 0 Å². The Kier molecular flexibility index (Phi) is 1.52. The number of rotatable bonds is 1. The summed E-state index contributed by atoms with van der Waals surface area (Å²) in [5, 5.41) is 7.28. The summed E-state index contributed by atoms with van der Waals surface area (Å²) in [4.78, 5) is 0. The molecule has 0 fully saturated rings. The first-order valence-electron chi connectivity index (χ1n) is 3.13. The summed E-state index contributed by atoms with van der Waals surface area (Å²) in [5.41, 5.74) is 3.15. The van der Waals surface area contributed by atoms with Crippen LogP contribution in [0.25, 0.3) is 0 Å². The molecule has 0 saturated carbocycles. The van der Waals surface area contributed by atoms with Crippen LogP contribution in [-0.4, -0.2) is 5.71 Å². The zero-order valence-electron chi connectivity index (χ0n) is 5.86. The highest BCUT2D eigenvalue weighted by atomic mass is 14.4. The molecule has 9 heavy (non-hydrogen) atoms. The van der Waals surface area contributed by atoms with E-state index in [1.54, 1.807) is 0 Å². The Morgan fingerprint density at radius 3 is 2.22 bits per heavy atom. The molecular weight excluding hydrogens is 110 g/mol. The lowest BCUT2D eigenvalue weighted by Crippen LogP contribution is -1.98. The Bertz CT molecular complexity index is 197. The molecule has 1 nitrogen and oxygen atoms in total. The average Bonchev–Trinajstić information content (AvgIpc) is 1.60. The third-order valence-corrected chi connectivity index (χ3v) is 1.70. The van der Waals surface area contributed by atoms with Crippen molar-refractivity contribution in [1.29, 1.82) is 5.41 Å². The molecule has 1 rings (SSSR count). The highest BCUT2D eigenvalue weighted by molar-refractivity contribution is 5.96. The first-order chi connectivity index (χ1) is 4.22. The lowest BCUT2D eigenvalue weighted by atomic mass is 9.95. The molecule has 0 aliphatic heterocycles. The summed E-state index contributed by atoms with van der Waals surface area (Å²) in [6.45, 7) is 3.83. The van der Waals surface area contributed by atoms with Gasteiger partial charge in [-0.1, -0.05) is 12.2 Å². The summed E-state index contributed by atoms with van der Waals surface area (Å²) in [7, 11) is 0. The van der Waals surface area contributed by atoms with Gasteiger partial charge in [-0.25, -0.2) is 0 Å². The molecule has 0 aromatic carbocycles. The lowest BCUT2D eigenvalue weighted by Gasteiger charge is -2.10. The van der Waals surface area contributed by atoms with Crippen LogP contribution in [0.1, 0.15) is 20.3 Å². The van der Waals surface area contributed by atoms with Crippen molar-refractivity contribution in [3.63, 3.8) is 0 Å². The minimum absolute atomic E-state index is 0.689. The van der Waals surface area contributed by atoms with E-state index in [-0.39, 0.29) is 0 Å². The van der Waals surface area contributed by atoms with Crippen LogP contribution in [0.4, 0.5) is 0 Å². The van der Waals surface area contributed by atoms with Crippen LogP contribution in [0.3, 0.4) is 0 Å². The average molecular weight is 121 g/mol. The molecule has 1 aliphatic carbocycles. The number of nitrogens with one attached hydrogen (secondary N) is 1. The maximum absolute atomic E-state index is 7.28. The van der Waals surface area contributed by atoms with Gasteiger partial charge < -0.3 is 5.41 Å². The quantitative estimate of drug-likeness (QED) is 0.515. The molecule has 1 N–H and O–H groups in total. The van der Waals surface area contributed by atoms with Crippen molar-refractivity contribution < 1.29 is 0 Å². The van der Waals surface area contributed by atoms with Crippen LogP contribution in [0.15, 0.2) is 23.3 Å². The van der Waals surface area contributed by atoms with Crippen LogP contribution in [-0.2, 0) is 0 Å². The molecule has 0 atom stereocenters. The van der Waals surface area contributed by atoms with Gasteiger partial charge in [0.05, 0.1) is 0 Å². The van der Waals surface area contributed by atoms with Crippen LogP contribution in [0, 0.1) is 5.41 Å². The fourth-order valence-electron chi connectivity index (χ4n) is 0.755. The van der Waals surface area contributed by atoms with Gasteiger partial charge in [-0.15, -0.1) is 0 Å². The first kappa shape index (κ1) is 6.27. The summed E-state index contributed by atoms with van der Waals surface area (Å²) >= 11 is 0. The van der Waals surface area contributed by atoms with Gasteiger partial charge in [0.15, 0.2) is 0 Å². The third kappa shape index (κ3) is 1.10. The van der Waals surface area contributed by atoms with Crippen LogP contribution in [0.5, 0.6) is 0 Å². The lowest BCUT2D eigenvalue weighted by molar-refractivity contribution is 1.15. The Morgan fingerprint density at radius 2 is 2.11 bits per heavy atom. The zero-order valence-corrected chi connectivity index (χ0v) is 5.86. The summed E-state index contributed by atoms with van der Waals surface area (Å²) in [5.74, 6) is 0. The van der Waals surface area contributed by atoms with E-state index in [1.165, 1.54) is 5.57 Å². The second-order valence-electron chi connectivity index (χ2n) is 2.38. The van der Waals surface area contributed by atoms with Crippen molar-refractivity contribution in [2.24, 2.45) is 0 Å². The van der Waals surface area contributed by atoms with Gasteiger partial charge in [-0.2, -0.15) is 0 Å². The van der Waals surface area contributed by atoms with Crippen molar-refractivity contribution in [1.82, 2.24) is 0 Å². The van der Waals surface area contributed by atoms with Gasteiger partial charge >= 0.3 is 0 Å². The van der Waals surface area contributed by atoms with Crippen molar-refractivity contribution in [3.8, 4) is 0 Å². The van der Waals surface area contributed by atoms with E-state index in [1.807, 2.05) is 13.8 Å². The van der Waals surface area contributed by atoms with E-state index in [0.29, 0.717) is 5.71 Å². The monoisotopic (exact) mass is 121 g/mol. The standard InChI is InChI=1S/C8H11N/c1-6(7(2)9)8-4-3-5-8/h3-4,9H,5H2,1-2H3/b8-6-,9-7?. The van der Waals surface area contributed by atoms with Crippen molar-refractivity contribution in [2.75, 3.05) is 0 Å². The molecule has 0 unspecified atom stereocenters. The number of allylic oxidation sites excluding steroid dienone is 4. The van der Waals surface area contributed by atoms with Crippen molar-refractivity contribution in [3.05, 3.63) is 23.3 Å². The van der Waals surface area contributed by atoms with E-state index in [2.05, 4.69) is 12.2 Å². The van der Waals surface area contributed by atoms with Gasteiger partial charge in [-0.3, -0.25) is 0 Å². The predicted molar refractivity (Wildman–Crippen MR) is 39.9 cm³/mol. The normalized spacial score (nSPS) is 21.1. The number of hydrogen-bond donors (Lipinski definition) is 1. The topological polar surface area (TPSA) is 23.9 Å². The molecule has 0 aromatic heterocycles. The van der Waals surface area contributed by atoms with Crippen molar-refractivity contribution >= 4 is 5.71 Å². The fourth-order valence-corrected chi connectivity index (χ4v) is 0.755. The predicted octanol–water partition coefficient (Wildman–Crippen LogP) is 2.30. The maximum Gasteiger partial charge on any atom is 0.0314 e. The van der Waals surface area contributed by atoms with E-state index >= 15 is 0 Å². The molecule has 48 valence electrons. The first-order valence-corrected chi connectivity index (χ1v) is 3.13. The molecule has 1 heteroatoms. The number of hydrogen-bond acceptors (Lipinski definition) is 1. The highest BCUT2D eigenvalue weighted by Gasteiger charge is 2.04. The maximum atomic E-state index is 7.28. The Labute approximate surface area is 55.6 Å². The van der Waals surface area contributed by atoms with Crippen LogP contribution >= 0.6 is 0 Å². The molecular formula is C8H11N. The van der Waals surface area contributed by atoms with Gasteiger partial charge in [0, 0.05) is 5.71 Å². The molecule has 1 aliphatic rings. The van der Waals surface area contributed by atoms with Crippen molar-refractivity contribution in [2.45, 2.75) is 20.3 Å². The van der Waals surface area contributed by atoms with Crippen LogP contribution in [0.2, 0.25) is 0 Å². The molecule has 0 amide bonds. The van der Waals surface area contributed by atoms with Crippen LogP contribution < -0.4 is 0 Å². The third-order valence-electron chi connectivity index (χ3n) is 1.70. The summed E-state index contributed by atoms with van der Waals surface area (Å²) in [6.07, 6.45) is 5.25. The SMILES string of the molecule is CC(=N)/C(C)=C1/C=CC1. The Balaban J connectivity index is 2.81. The summed E-state index contributed by atoms with van der Waals surface area (Å²) in [6, 6.07) is 0. The molecule has 0 aromatic rings. The minimum Gasteiger partial charge on any atom is -0.305 e. The summed E-state index contributed by atoms with van der Waals surface area (Å²) < 4.78 is 0. The molecule has 0 heterocycles. The van der Waals surface area contributed by atoms with Gasteiger partial charge in [0.2, 0.25) is 0 Å². The highest BCUT2D eigenvalue weighted by Crippen LogP contribution is 2.19. The molecule has 0 saturated heterocycles. The largest absolute Gasteiger partial charge is 0.305 e. The smallest absolute Gasteiger partial charge is 0.0314 e. The second kappa shape index (κ2) is 2.18. The Morgan fingerprint density at radius 1 is 1.56 bits per heavy atom. The zero-order chi connectivity index (χ0) is 6.85. The van der Waals surface area contributed by atoms with Gasteiger partial charge in [0.1, 0.15) is 0 Å². The van der Waals surface area contributed by atoms with E-state index < -0.39 is 0 Å². The second-order valence-corrected chi connectivity index (χ2v) is 2.38. The minimum atomic E-state index is 0.689. The molecule has 0 radical (unpaired) electrons. The van der Waals surface area contributed by atoms with Gasteiger partial charge in [-0.05, 0) is 31.4 Å². The molecule has 0 bridgehead atoms. The Hall–Kier alpha value is -0.850. The molecule has 0 spiro atoms. The van der Waals surface area contributed by atoms with E-state index in [4.69, 9.17) is 5.41 Å². The van der Waals surface area contributed by atoms with Gasteiger partial charge in [0.25, 0.3) is 0 Å². The fraction of sp³-hybridized carbons (Fsp3) is 0.375.